The molecule has 1 fully saturated rings. The summed E-state index contributed by atoms with van der Waals surface area (Å²) < 4.78 is 0. The summed E-state index contributed by atoms with van der Waals surface area (Å²) in [6, 6.07) is 8.81. The lowest BCUT2D eigenvalue weighted by atomic mass is 9.90. The average Bonchev–Trinajstić information content (AvgIpc) is 2.45. The number of piperidine rings is 1. The van der Waals surface area contributed by atoms with E-state index in [0.717, 1.165) is 37.5 Å². The van der Waals surface area contributed by atoms with Gasteiger partial charge >= 0.3 is 0 Å². The van der Waals surface area contributed by atoms with E-state index < -0.39 is 0 Å². The maximum Gasteiger partial charge on any atom is 0.0245 e. The van der Waals surface area contributed by atoms with E-state index in [4.69, 9.17) is 0 Å². The molecular weight excluding hydrogens is 220 g/mol. The van der Waals surface area contributed by atoms with Gasteiger partial charge in [0.2, 0.25) is 0 Å². The van der Waals surface area contributed by atoms with Gasteiger partial charge < -0.3 is 10.6 Å². The summed E-state index contributed by atoms with van der Waals surface area (Å²) in [5, 5.41) is 6.51. The van der Waals surface area contributed by atoms with Crippen molar-refractivity contribution >= 4 is 0 Å². The van der Waals surface area contributed by atoms with Crippen molar-refractivity contribution in [2.75, 3.05) is 26.7 Å². The zero-order valence-corrected chi connectivity index (χ0v) is 11.1. The highest BCUT2D eigenvalue weighted by Crippen LogP contribution is 2.24. The number of rotatable bonds is 3. The molecule has 2 rings (SSSR count). The Labute approximate surface area is 110 Å². The predicted molar refractivity (Wildman–Crippen MR) is 76.7 cm³/mol. The van der Waals surface area contributed by atoms with Crippen molar-refractivity contribution in [1.82, 2.24) is 10.6 Å². The largest absolute Gasteiger partial charge is 0.319 e. The molecule has 96 valence electrons. The summed E-state index contributed by atoms with van der Waals surface area (Å²) in [4.78, 5) is 0. The molecule has 0 unspecified atom stereocenters. The van der Waals surface area contributed by atoms with Gasteiger partial charge in [-0.05, 0) is 56.6 Å². The van der Waals surface area contributed by atoms with Gasteiger partial charge in [0.1, 0.15) is 0 Å². The van der Waals surface area contributed by atoms with Crippen LogP contribution in [-0.2, 0) is 0 Å². The zero-order valence-electron chi connectivity index (χ0n) is 11.1. The number of nitrogens with one attached hydrogen (secondary N) is 2. The second-order valence-corrected chi connectivity index (χ2v) is 4.80. The maximum absolute atomic E-state index is 3.41. The van der Waals surface area contributed by atoms with Gasteiger partial charge in [-0.15, -0.1) is 0 Å². The minimum Gasteiger partial charge on any atom is -0.319 e. The molecule has 2 heteroatoms. The second kappa shape index (κ2) is 7.20. The molecule has 1 saturated heterocycles. The lowest BCUT2D eigenvalue weighted by Crippen LogP contribution is -2.26. The Morgan fingerprint density at radius 2 is 1.94 bits per heavy atom. The fourth-order valence-corrected chi connectivity index (χ4v) is 2.35. The van der Waals surface area contributed by atoms with Gasteiger partial charge in [-0.3, -0.25) is 0 Å². The average molecular weight is 242 g/mol. The van der Waals surface area contributed by atoms with Crippen molar-refractivity contribution in [3.63, 3.8) is 0 Å². The van der Waals surface area contributed by atoms with Crippen LogP contribution in [0.1, 0.15) is 36.3 Å². The summed E-state index contributed by atoms with van der Waals surface area (Å²) in [5.41, 5.74) is 2.60. The Kier molecular flexibility index (Phi) is 5.26. The second-order valence-electron chi connectivity index (χ2n) is 4.80. The van der Waals surface area contributed by atoms with Crippen LogP contribution in [0.25, 0.3) is 0 Å². The summed E-state index contributed by atoms with van der Waals surface area (Å²) in [5.74, 6) is 7.12. The topological polar surface area (TPSA) is 24.1 Å². The molecule has 1 aliphatic rings. The van der Waals surface area contributed by atoms with Gasteiger partial charge in [-0.2, -0.15) is 0 Å². The van der Waals surface area contributed by atoms with Crippen molar-refractivity contribution in [3.8, 4) is 11.8 Å². The third kappa shape index (κ3) is 3.87. The maximum atomic E-state index is 3.41. The van der Waals surface area contributed by atoms with Crippen molar-refractivity contribution in [2.45, 2.75) is 25.2 Å². The first-order valence-electron chi connectivity index (χ1n) is 6.84. The van der Waals surface area contributed by atoms with E-state index in [9.17, 15) is 0 Å². The third-order valence-electron chi connectivity index (χ3n) is 3.45. The van der Waals surface area contributed by atoms with Gasteiger partial charge in [-0.25, -0.2) is 0 Å². The van der Waals surface area contributed by atoms with Gasteiger partial charge in [0, 0.05) is 18.5 Å². The molecule has 1 heterocycles. The van der Waals surface area contributed by atoms with Gasteiger partial charge in [0.05, 0.1) is 0 Å². The number of benzene rings is 1. The zero-order chi connectivity index (χ0) is 12.6. The molecule has 0 aliphatic carbocycles. The molecule has 0 radical (unpaired) electrons. The van der Waals surface area contributed by atoms with Crippen LogP contribution >= 0.6 is 0 Å². The van der Waals surface area contributed by atoms with E-state index in [2.05, 4.69) is 46.7 Å². The highest BCUT2D eigenvalue weighted by Gasteiger charge is 2.14. The summed E-state index contributed by atoms with van der Waals surface area (Å²) in [7, 11) is 1.95. The summed E-state index contributed by atoms with van der Waals surface area (Å²) >= 11 is 0. The van der Waals surface area contributed by atoms with Crippen molar-refractivity contribution in [3.05, 3.63) is 35.4 Å². The highest BCUT2D eigenvalue weighted by molar-refractivity contribution is 5.37. The van der Waals surface area contributed by atoms with E-state index in [1.807, 2.05) is 7.05 Å². The van der Waals surface area contributed by atoms with E-state index in [1.165, 1.54) is 18.4 Å². The van der Waals surface area contributed by atoms with Crippen LogP contribution in [0.2, 0.25) is 0 Å². The van der Waals surface area contributed by atoms with Crippen LogP contribution < -0.4 is 10.6 Å². The number of hydrogen-bond donors (Lipinski definition) is 2. The first kappa shape index (κ1) is 13.1. The smallest absolute Gasteiger partial charge is 0.0245 e. The van der Waals surface area contributed by atoms with Crippen molar-refractivity contribution in [2.24, 2.45) is 0 Å². The van der Waals surface area contributed by atoms with Gasteiger partial charge in [0.15, 0.2) is 0 Å². The molecular formula is C16H22N2. The molecule has 1 aromatic carbocycles. The number of hydrogen-bond acceptors (Lipinski definition) is 2. The molecule has 0 spiro atoms. The fraction of sp³-hybridized carbons (Fsp3) is 0.500. The van der Waals surface area contributed by atoms with Gasteiger partial charge in [0.25, 0.3) is 0 Å². The van der Waals surface area contributed by atoms with Crippen LogP contribution in [-0.4, -0.2) is 26.7 Å². The Bertz CT molecular complexity index is 405. The molecule has 0 saturated carbocycles. The monoisotopic (exact) mass is 242 g/mol. The van der Waals surface area contributed by atoms with Crippen LogP contribution in [0.3, 0.4) is 0 Å². The Morgan fingerprint density at radius 3 is 2.61 bits per heavy atom. The van der Waals surface area contributed by atoms with E-state index in [1.54, 1.807) is 0 Å². The lowest BCUT2D eigenvalue weighted by molar-refractivity contribution is 0.460. The van der Waals surface area contributed by atoms with Crippen molar-refractivity contribution in [1.29, 1.82) is 0 Å². The van der Waals surface area contributed by atoms with E-state index in [-0.39, 0.29) is 0 Å². The first-order valence-corrected chi connectivity index (χ1v) is 6.84. The normalized spacial score (nSPS) is 16.1. The molecule has 18 heavy (non-hydrogen) atoms. The van der Waals surface area contributed by atoms with E-state index in [0.29, 0.717) is 0 Å². The molecule has 0 atom stereocenters. The molecule has 0 amide bonds. The summed E-state index contributed by atoms with van der Waals surface area (Å²) in [6.45, 7) is 3.26. The highest BCUT2D eigenvalue weighted by atomic mass is 14.9. The molecule has 0 bridgehead atoms. The molecule has 2 N–H and O–H groups in total. The first-order chi connectivity index (χ1) is 8.90. The van der Waals surface area contributed by atoms with Crippen LogP contribution in [0.5, 0.6) is 0 Å². The molecule has 2 nitrogen and oxygen atoms in total. The third-order valence-corrected chi connectivity index (χ3v) is 3.45. The van der Waals surface area contributed by atoms with Crippen LogP contribution in [0, 0.1) is 11.8 Å². The fourth-order valence-electron chi connectivity index (χ4n) is 2.35. The predicted octanol–water partition coefficient (Wildman–Crippen LogP) is 2.11. The molecule has 1 aromatic rings. The molecule has 1 aliphatic heterocycles. The SMILES string of the molecule is CNCCC#Cc1ccc(C2CCNCC2)cc1. The standard InChI is InChI=1S/C16H22N2/c1-17-11-3-2-4-14-5-7-15(8-6-14)16-9-12-18-13-10-16/h5-8,16-18H,3,9-13H2,1H3. The van der Waals surface area contributed by atoms with Crippen molar-refractivity contribution < 1.29 is 0 Å². The Balaban J connectivity index is 1.93. The quantitative estimate of drug-likeness (QED) is 0.626. The lowest BCUT2D eigenvalue weighted by Gasteiger charge is -2.22. The van der Waals surface area contributed by atoms with E-state index >= 15 is 0 Å². The van der Waals surface area contributed by atoms with Crippen LogP contribution in [0.15, 0.2) is 24.3 Å². The minimum atomic E-state index is 0.734. The Morgan fingerprint density at radius 1 is 1.22 bits per heavy atom. The Hall–Kier alpha value is -1.30. The minimum absolute atomic E-state index is 0.734. The van der Waals surface area contributed by atoms with Gasteiger partial charge in [-0.1, -0.05) is 24.0 Å². The summed E-state index contributed by atoms with van der Waals surface area (Å²) in [6.07, 6.45) is 3.42. The van der Waals surface area contributed by atoms with Crippen LogP contribution in [0.4, 0.5) is 0 Å². The molecule has 0 aromatic heterocycles.